The number of hydrogen-bond donors (Lipinski definition) is 2. The average Bonchev–Trinajstić information content (AvgIpc) is 2.00. The molecule has 3 aliphatic heterocycles. The summed E-state index contributed by atoms with van der Waals surface area (Å²) in [7, 11) is 0. The van der Waals surface area contributed by atoms with Gasteiger partial charge >= 0.3 is 0 Å². The van der Waals surface area contributed by atoms with E-state index in [0.717, 1.165) is 0 Å². The third kappa shape index (κ3) is 1.38. The van der Waals surface area contributed by atoms with Crippen molar-refractivity contribution in [3.8, 4) is 0 Å². The maximum absolute atomic E-state index is 5.90. The molecule has 4 N–H and O–H groups in total. The van der Waals surface area contributed by atoms with Crippen molar-refractivity contribution in [2.75, 3.05) is 13.1 Å². The van der Waals surface area contributed by atoms with E-state index in [4.69, 9.17) is 11.5 Å². The van der Waals surface area contributed by atoms with E-state index in [1.54, 1.807) is 0 Å². The van der Waals surface area contributed by atoms with Crippen LogP contribution >= 0.6 is 12.4 Å². The lowest BCUT2D eigenvalue weighted by Crippen LogP contribution is -2.64. The van der Waals surface area contributed by atoms with Crippen molar-refractivity contribution in [3.63, 3.8) is 0 Å². The van der Waals surface area contributed by atoms with Gasteiger partial charge < -0.3 is 11.5 Å². The lowest BCUT2D eigenvalue weighted by molar-refractivity contribution is 0.0318. The lowest BCUT2D eigenvalue weighted by atomic mass is 9.82. The first kappa shape index (κ1) is 9.26. The zero-order valence-electron chi connectivity index (χ0n) is 6.57. The number of nitrogens with zero attached hydrogens (tertiary/aromatic N) is 1. The molecule has 3 fully saturated rings. The summed E-state index contributed by atoms with van der Waals surface area (Å²) in [4.78, 5) is 2.30. The molecule has 2 bridgehead atoms. The summed E-state index contributed by atoms with van der Waals surface area (Å²) < 4.78 is 0. The number of halogens is 1. The van der Waals surface area contributed by atoms with Crippen molar-refractivity contribution >= 4 is 12.4 Å². The normalized spacial score (nSPS) is 48.5. The monoisotopic (exact) mass is 177 g/mol. The molecule has 3 rings (SSSR count). The van der Waals surface area contributed by atoms with Gasteiger partial charge in [0.2, 0.25) is 0 Å². The van der Waals surface area contributed by atoms with E-state index in [0.29, 0.717) is 5.92 Å². The van der Waals surface area contributed by atoms with Crippen LogP contribution in [0.3, 0.4) is 0 Å². The van der Waals surface area contributed by atoms with Gasteiger partial charge in [0.1, 0.15) is 0 Å². The van der Waals surface area contributed by atoms with E-state index in [1.807, 2.05) is 0 Å². The van der Waals surface area contributed by atoms with E-state index in [9.17, 15) is 0 Å². The van der Waals surface area contributed by atoms with Gasteiger partial charge in [-0.1, -0.05) is 0 Å². The summed E-state index contributed by atoms with van der Waals surface area (Å²) in [5.74, 6) is 0.708. The first-order valence-electron chi connectivity index (χ1n) is 4.04. The van der Waals surface area contributed by atoms with Crippen LogP contribution < -0.4 is 11.5 Å². The molecule has 4 heteroatoms. The average molecular weight is 178 g/mol. The van der Waals surface area contributed by atoms with Gasteiger partial charge in [-0.15, -0.1) is 12.4 Å². The maximum Gasteiger partial charge on any atom is 0.0730 e. The molecule has 66 valence electrons. The van der Waals surface area contributed by atoms with Crippen LogP contribution in [0.25, 0.3) is 0 Å². The smallest absolute Gasteiger partial charge is 0.0730 e. The van der Waals surface area contributed by atoms with Crippen LogP contribution in [0.2, 0.25) is 0 Å². The van der Waals surface area contributed by atoms with E-state index >= 15 is 0 Å². The van der Waals surface area contributed by atoms with Crippen LogP contribution in [-0.2, 0) is 0 Å². The zero-order valence-corrected chi connectivity index (χ0v) is 7.39. The Morgan fingerprint density at radius 3 is 1.91 bits per heavy atom. The molecule has 2 atom stereocenters. The molecule has 0 spiro atoms. The summed E-state index contributed by atoms with van der Waals surface area (Å²) in [5, 5.41) is 0. The van der Waals surface area contributed by atoms with Crippen LogP contribution in [0.15, 0.2) is 0 Å². The van der Waals surface area contributed by atoms with Crippen LogP contribution in [0.5, 0.6) is 0 Å². The van der Waals surface area contributed by atoms with Gasteiger partial charge in [-0.3, -0.25) is 4.90 Å². The molecule has 11 heavy (non-hydrogen) atoms. The van der Waals surface area contributed by atoms with Gasteiger partial charge in [0.25, 0.3) is 0 Å². The van der Waals surface area contributed by atoms with Crippen molar-refractivity contribution in [3.05, 3.63) is 0 Å². The Kier molecular flexibility index (Phi) is 2.75. The lowest BCUT2D eigenvalue weighted by Gasteiger charge is -2.47. The van der Waals surface area contributed by atoms with E-state index in [2.05, 4.69) is 4.90 Å². The Balaban J connectivity index is 0.000000605. The molecule has 0 radical (unpaired) electrons. The largest absolute Gasteiger partial charge is 0.325 e. The fourth-order valence-electron chi connectivity index (χ4n) is 2.12. The van der Waals surface area contributed by atoms with Gasteiger partial charge in [-0.2, -0.15) is 0 Å². The third-order valence-electron chi connectivity index (χ3n) is 2.93. The second kappa shape index (κ2) is 3.27. The van der Waals surface area contributed by atoms with Crippen LogP contribution in [0.4, 0.5) is 0 Å². The zero-order chi connectivity index (χ0) is 7.14. The first-order chi connectivity index (χ1) is 4.79. The molecule has 3 nitrogen and oxygen atoms in total. The Labute approximate surface area is 73.5 Å². The van der Waals surface area contributed by atoms with Crippen molar-refractivity contribution < 1.29 is 0 Å². The predicted molar refractivity (Wildman–Crippen MR) is 47.5 cm³/mol. The Hall–Kier alpha value is 0.170. The fourth-order valence-corrected chi connectivity index (χ4v) is 2.12. The summed E-state index contributed by atoms with van der Waals surface area (Å²) in [6.45, 7) is 2.33. The SMILES string of the molecule is Cl.NC1C2CCN(CC2)[C@@H]1N. The van der Waals surface area contributed by atoms with Crippen molar-refractivity contribution in [1.29, 1.82) is 0 Å². The van der Waals surface area contributed by atoms with E-state index in [1.165, 1.54) is 25.9 Å². The topological polar surface area (TPSA) is 55.3 Å². The molecule has 0 aliphatic carbocycles. The van der Waals surface area contributed by atoms with Crippen LogP contribution in [-0.4, -0.2) is 30.2 Å². The highest BCUT2D eigenvalue weighted by Gasteiger charge is 2.37. The summed E-state index contributed by atoms with van der Waals surface area (Å²) in [6.07, 6.45) is 2.66. The predicted octanol–water partition coefficient (Wildman–Crippen LogP) is -0.254. The highest BCUT2D eigenvalue weighted by molar-refractivity contribution is 5.85. The van der Waals surface area contributed by atoms with Crippen molar-refractivity contribution in [1.82, 2.24) is 4.90 Å². The molecule has 0 saturated carbocycles. The molecular formula is C7H16ClN3. The molecular weight excluding hydrogens is 162 g/mol. The first-order valence-corrected chi connectivity index (χ1v) is 4.04. The quantitative estimate of drug-likeness (QED) is 0.537. The van der Waals surface area contributed by atoms with Gasteiger partial charge in [-0.25, -0.2) is 0 Å². The number of rotatable bonds is 0. The number of fused-ring (bicyclic) bond motifs is 3. The standard InChI is InChI=1S/C7H15N3.ClH/c8-6-5-1-3-10(4-2-5)7(6)9;/h5-7H,1-4,8-9H2;1H/t6?,7-;/m0./s1. The highest BCUT2D eigenvalue weighted by Crippen LogP contribution is 2.28. The van der Waals surface area contributed by atoms with Crippen LogP contribution in [0.1, 0.15) is 12.8 Å². The molecule has 0 amide bonds. The van der Waals surface area contributed by atoms with Gasteiger partial charge in [0.05, 0.1) is 6.17 Å². The molecule has 0 aromatic carbocycles. The van der Waals surface area contributed by atoms with Gasteiger partial charge in [-0.05, 0) is 31.8 Å². The second-order valence-corrected chi connectivity index (χ2v) is 3.44. The van der Waals surface area contributed by atoms with Crippen LogP contribution in [0, 0.1) is 5.92 Å². The molecule has 3 saturated heterocycles. The molecule has 1 unspecified atom stereocenters. The molecule has 0 aromatic heterocycles. The summed E-state index contributed by atoms with van der Waals surface area (Å²) in [5.41, 5.74) is 11.8. The van der Waals surface area contributed by atoms with Crippen molar-refractivity contribution in [2.45, 2.75) is 25.0 Å². The molecule has 3 heterocycles. The minimum absolute atomic E-state index is 0. The Bertz CT molecular complexity index is 114. The molecule has 0 aromatic rings. The number of nitrogens with two attached hydrogens (primary N) is 2. The fraction of sp³-hybridized carbons (Fsp3) is 1.00. The Morgan fingerprint density at radius 2 is 1.64 bits per heavy atom. The highest BCUT2D eigenvalue weighted by atomic mass is 35.5. The van der Waals surface area contributed by atoms with E-state index < -0.39 is 0 Å². The number of hydrogen-bond acceptors (Lipinski definition) is 3. The minimum Gasteiger partial charge on any atom is -0.325 e. The van der Waals surface area contributed by atoms with Gasteiger partial charge in [0, 0.05) is 6.04 Å². The Morgan fingerprint density at radius 1 is 1.09 bits per heavy atom. The van der Waals surface area contributed by atoms with E-state index in [-0.39, 0.29) is 24.6 Å². The molecule has 3 aliphatic rings. The maximum atomic E-state index is 5.90. The van der Waals surface area contributed by atoms with Crippen molar-refractivity contribution in [2.24, 2.45) is 17.4 Å². The third-order valence-corrected chi connectivity index (χ3v) is 2.93. The number of piperidine rings is 3. The second-order valence-electron chi connectivity index (χ2n) is 3.44. The van der Waals surface area contributed by atoms with Gasteiger partial charge in [0.15, 0.2) is 0 Å². The summed E-state index contributed by atoms with van der Waals surface area (Å²) in [6, 6.07) is 0.238. The summed E-state index contributed by atoms with van der Waals surface area (Å²) >= 11 is 0. The minimum atomic E-state index is 0.